The number of anilines is 1. The van der Waals surface area contributed by atoms with Crippen LogP contribution in [0.5, 0.6) is 0 Å². The number of nitrogens with one attached hydrogen (secondary N) is 1. The Bertz CT molecular complexity index is 664. The quantitative estimate of drug-likeness (QED) is 0.816. The number of nitrogens with zero attached hydrogens (tertiary/aromatic N) is 2. The van der Waals surface area contributed by atoms with Gasteiger partial charge in [0.1, 0.15) is 0 Å². The number of amides is 2. The van der Waals surface area contributed by atoms with Gasteiger partial charge in [-0.2, -0.15) is 0 Å². The minimum absolute atomic E-state index is 0.0454. The van der Waals surface area contributed by atoms with E-state index in [1.54, 1.807) is 11.0 Å². The minimum Gasteiger partial charge on any atom is -0.319 e. The summed E-state index contributed by atoms with van der Waals surface area (Å²) >= 11 is 3.40. The molecule has 0 saturated carbocycles. The molecular weight excluding hydrogens is 382 g/mol. The van der Waals surface area contributed by atoms with Gasteiger partial charge in [0.2, 0.25) is 0 Å². The van der Waals surface area contributed by atoms with Gasteiger partial charge in [-0.3, -0.25) is 0 Å². The number of likely N-dealkylation sites (N-methyl/N-ethyl adjacent to an activating group) is 1. The zero-order valence-electron chi connectivity index (χ0n) is 13.3. The number of para-hydroxylation sites is 1. The number of benzene rings is 1. The molecule has 0 radical (unpaired) electrons. The first-order valence-electron chi connectivity index (χ1n) is 7.46. The molecule has 0 spiro atoms. The first kappa shape index (κ1) is 18.2. The van der Waals surface area contributed by atoms with Crippen molar-refractivity contribution in [2.24, 2.45) is 0 Å². The van der Waals surface area contributed by atoms with Gasteiger partial charge in [-0.1, -0.05) is 12.1 Å². The highest BCUT2D eigenvalue weighted by Gasteiger charge is 2.34. The van der Waals surface area contributed by atoms with Crippen LogP contribution >= 0.6 is 15.9 Å². The minimum atomic E-state index is -3.04. The van der Waals surface area contributed by atoms with Gasteiger partial charge >= 0.3 is 6.03 Å². The van der Waals surface area contributed by atoms with Crippen LogP contribution in [0.25, 0.3) is 0 Å². The molecular formula is C15H22BrN3O3S. The molecule has 2 rings (SSSR count). The van der Waals surface area contributed by atoms with Crippen molar-refractivity contribution < 1.29 is 13.2 Å². The van der Waals surface area contributed by atoms with E-state index in [2.05, 4.69) is 21.2 Å². The molecule has 1 heterocycles. The van der Waals surface area contributed by atoms with E-state index in [0.717, 1.165) is 4.47 Å². The molecule has 1 aliphatic heterocycles. The number of carbonyl (C=O) groups is 1. The zero-order valence-corrected chi connectivity index (χ0v) is 15.7. The molecule has 0 bridgehead atoms. The van der Waals surface area contributed by atoms with Gasteiger partial charge in [0.05, 0.1) is 17.2 Å². The van der Waals surface area contributed by atoms with Crippen LogP contribution in [0, 0.1) is 0 Å². The summed E-state index contributed by atoms with van der Waals surface area (Å²) in [5.74, 6) is 0.197. The second-order valence-corrected chi connectivity index (χ2v) is 9.05. The number of hydrogen-bond acceptors (Lipinski definition) is 4. The van der Waals surface area contributed by atoms with Crippen LogP contribution in [0.3, 0.4) is 0 Å². The number of urea groups is 1. The van der Waals surface area contributed by atoms with Gasteiger partial charge in [0.25, 0.3) is 0 Å². The van der Waals surface area contributed by atoms with Crippen LogP contribution in [0.2, 0.25) is 0 Å². The summed E-state index contributed by atoms with van der Waals surface area (Å²) in [5, 5.41) is 2.87. The van der Waals surface area contributed by atoms with Crippen molar-refractivity contribution in [2.75, 3.05) is 44.0 Å². The highest BCUT2D eigenvalue weighted by atomic mass is 79.9. The number of hydrogen-bond donors (Lipinski definition) is 1. The predicted octanol–water partition coefficient (Wildman–Crippen LogP) is 2.03. The average Bonchev–Trinajstić information content (AvgIpc) is 2.81. The van der Waals surface area contributed by atoms with Crippen LogP contribution < -0.4 is 5.32 Å². The molecule has 128 valence electrons. The lowest BCUT2D eigenvalue weighted by molar-refractivity contribution is 0.186. The van der Waals surface area contributed by atoms with E-state index in [1.807, 2.05) is 37.2 Å². The van der Waals surface area contributed by atoms with Gasteiger partial charge in [-0.25, -0.2) is 13.2 Å². The smallest absolute Gasteiger partial charge is 0.319 e. The van der Waals surface area contributed by atoms with Gasteiger partial charge in [-0.15, -0.1) is 0 Å². The Balaban J connectivity index is 2.12. The maximum Gasteiger partial charge on any atom is 0.322 e. The summed E-state index contributed by atoms with van der Waals surface area (Å²) < 4.78 is 24.3. The van der Waals surface area contributed by atoms with Crippen molar-refractivity contribution in [3.8, 4) is 0 Å². The molecule has 1 aliphatic rings. The maximum absolute atomic E-state index is 12.7. The third-order valence-electron chi connectivity index (χ3n) is 3.81. The SMILES string of the molecule is CN(C)CCN(C(=O)Nc1ccccc1Br)C1CCS(=O)(=O)C1. The Morgan fingerprint density at radius 2 is 2.00 bits per heavy atom. The average molecular weight is 404 g/mol. The number of halogens is 1. The summed E-state index contributed by atoms with van der Waals surface area (Å²) in [4.78, 5) is 16.3. The second-order valence-electron chi connectivity index (χ2n) is 5.96. The highest BCUT2D eigenvalue weighted by molar-refractivity contribution is 9.10. The van der Waals surface area contributed by atoms with E-state index in [1.165, 1.54) is 0 Å². The largest absolute Gasteiger partial charge is 0.322 e. The normalized spacial score (nSPS) is 19.7. The molecule has 1 aromatic carbocycles. The summed E-state index contributed by atoms with van der Waals surface area (Å²) in [7, 11) is 0.814. The van der Waals surface area contributed by atoms with Crippen LogP contribution in [-0.4, -0.2) is 69.0 Å². The lowest BCUT2D eigenvalue weighted by Crippen LogP contribution is -2.46. The molecule has 1 N–H and O–H groups in total. The molecule has 1 saturated heterocycles. The standard InChI is InChI=1S/C15H22BrN3O3S/c1-18(2)8-9-19(12-7-10-23(21,22)11-12)15(20)17-14-6-4-3-5-13(14)16/h3-6,12H,7-11H2,1-2H3,(H,17,20). The lowest BCUT2D eigenvalue weighted by Gasteiger charge is -2.29. The van der Waals surface area contributed by atoms with E-state index in [-0.39, 0.29) is 23.6 Å². The molecule has 1 aromatic rings. The first-order chi connectivity index (χ1) is 10.8. The van der Waals surface area contributed by atoms with E-state index in [9.17, 15) is 13.2 Å². The summed E-state index contributed by atoms with van der Waals surface area (Å²) in [6.07, 6.45) is 0.499. The van der Waals surface area contributed by atoms with Gasteiger partial charge < -0.3 is 15.1 Å². The fraction of sp³-hybridized carbons (Fsp3) is 0.533. The topological polar surface area (TPSA) is 69.7 Å². The molecule has 8 heteroatoms. The third-order valence-corrected chi connectivity index (χ3v) is 6.26. The molecule has 1 atom stereocenters. The first-order valence-corrected chi connectivity index (χ1v) is 10.1. The van der Waals surface area contributed by atoms with Gasteiger partial charge in [0, 0.05) is 23.6 Å². The second kappa shape index (κ2) is 7.63. The molecule has 1 unspecified atom stereocenters. The molecule has 6 nitrogen and oxygen atoms in total. The Kier molecular flexibility index (Phi) is 6.05. The number of sulfone groups is 1. The highest BCUT2D eigenvalue weighted by Crippen LogP contribution is 2.23. The molecule has 2 amide bonds. The Morgan fingerprint density at radius 1 is 1.30 bits per heavy atom. The van der Waals surface area contributed by atoms with E-state index in [0.29, 0.717) is 25.2 Å². The molecule has 0 aromatic heterocycles. The summed E-state index contributed by atoms with van der Waals surface area (Å²) in [5.41, 5.74) is 0.674. The number of carbonyl (C=O) groups excluding carboxylic acids is 1. The fourth-order valence-corrected chi connectivity index (χ4v) is 4.64. The summed E-state index contributed by atoms with van der Waals surface area (Å²) in [6.45, 7) is 1.17. The maximum atomic E-state index is 12.7. The van der Waals surface area contributed by atoms with Crippen LogP contribution in [0.1, 0.15) is 6.42 Å². The third kappa shape index (κ3) is 5.19. The molecule has 0 aliphatic carbocycles. The monoisotopic (exact) mass is 403 g/mol. The predicted molar refractivity (Wildman–Crippen MR) is 95.5 cm³/mol. The van der Waals surface area contributed by atoms with Crippen LogP contribution in [-0.2, 0) is 9.84 Å². The van der Waals surface area contributed by atoms with Crippen molar-refractivity contribution in [2.45, 2.75) is 12.5 Å². The van der Waals surface area contributed by atoms with Gasteiger partial charge in [-0.05, 0) is 48.6 Å². The van der Waals surface area contributed by atoms with E-state index < -0.39 is 9.84 Å². The van der Waals surface area contributed by atoms with E-state index in [4.69, 9.17) is 0 Å². The van der Waals surface area contributed by atoms with Crippen LogP contribution in [0.15, 0.2) is 28.7 Å². The van der Waals surface area contributed by atoms with Gasteiger partial charge in [0.15, 0.2) is 9.84 Å². The Morgan fingerprint density at radius 3 is 2.57 bits per heavy atom. The Labute approximate surface area is 145 Å². The van der Waals surface area contributed by atoms with Crippen molar-refractivity contribution in [3.63, 3.8) is 0 Å². The van der Waals surface area contributed by atoms with Crippen molar-refractivity contribution in [1.29, 1.82) is 0 Å². The molecule has 23 heavy (non-hydrogen) atoms. The fourth-order valence-electron chi connectivity index (χ4n) is 2.53. The Hall–Kier alpha value is -1.12. The van der Waals surface area contributed by atoms with E-state index >= 15 is 0 Å². The molecule has 1 fully saturated rings. The summed E-state index contributed by atoms with van der Waals surface area (Å²) in [6, 6.07) is 6.83. The number of rotatable bonds is 5. The zero-order chi connectivity index (χ0) is 17.0. The van der Waals surface area contributed by atoms with Crippen molar-refractivity contribution in [3.05, 3.63) is 28.7 Å². The lowest BCUT2D eigenvalue weighted by atomic mass is 10.2. The van der Waals surface area contributed by atoms with Crippen molar-refractivity contribution >= 4 is 37.5 Å². The van der Waals surface area contributed by atoms with Crippen LogP contribution in [0.4, 0.5) is 10.5 Å². The van der Waals surface area contributed by atoms with Crippen molar-refractivity contribution in [1.82, 2.24) is 9.80 Å².